The van der Waals surface area contributed by atoms with Crippen LogP contribution >= 0.6 is 0 Å². The maximum Gasteiger partial charge on any atom is 0.224 e. The van der Waals surface area contributed by atoms with E-state index in [1.807, 2.05) is 13.0 Å². The molecule has 1 N–H and O–H groups in total. The second kappa shape index (κ2) is 5.78. The molecule has 1 rings (SSSR count). The molecule has 5 heteroatoms. The molecule has 0 aromatic carbocycles. The van der Waals surface area contributed by atoms with Crippen LogP contribution in [0.3, 0.4) is 0 Å². The third kappa shape index (κ3) is 4.68. The van der Waals surface area contributed by atoms with E-state index in [-0.39, 0.29) is 5.41 Å². The number of nitrogens with one attached hydrogen (secondary N) is 1. The molecule has 0 aliphatic heterocycles. The van der Waals surface area contributed by atoms with Gasteiger partial charge >= 0.3 is 0 Å². The minimum absolute atomic E-state index is 0.114. The van der Waals surface area contributed by atoms with Gasteiger partial charge in [-0.25, -0.2) is 9.97 Å². The number of aryl methyl sites for hydroxylation is 1. The third-order valence-electron chi connectivity index (χ3n) is 2.44. The van der Waals surface area contributed by atoms with Crippen LogP contribution in [0.25, 0.3) is 0 Å². The Morgan fingerprint density at radius 1 is 1.39 bits per heavy atom. The van der Waals surface area contributed by atoms with E-state index in [2.05, 4.69) is 48.1 Å². The molecule has 1 aromatic rings. The van der Waals surface area contributed by atoms with Crippen LogP contribution in [0.1, 0.15) is 25.2 Å². The predicted molar refractivity (Wildman–Crippen MR) is 72.3 cm³/mol. The van der Waals surface area contributed by atoms with Gasteiger partial charge in [-0.2, -0.15) is 5.26 Å². The summed E-state index contributed by atoms with van der Waals surface area (Å²) in [6.45, 7) is 7.96. The lowest BCUT2D eigenvalue weighted by atomic mass is 9.93. The molecule has 0 bridgehead atoms. The summed E-state index contributed by atoms with van der Waals surface area (Å²) in [5, 5.41) is 12.1. The van der Waals surface area contributed by atoms with E-state index in [9.17, 15) is 0 Å². The predicted octanol–water partition coefficient (Wildman–Crippen LogP) is 1.66. The van der Waals surface area contributed by atoms with Crippen LogP contribution in [-0.4, -0.2) is 42.1 Å². The third-order valence-corrected chi connectivity index (χ3v) is 2.44. The second-order valence-electron chi connectivity index (χ2n) is 5.59. The van der Waals surface area contributed by atoms with E-state index in [0.29, 0.717) is 11.6 Å². The fourth-order valence-corrected chi connectivity index (χ4v) is 1.94. The van der Waals surface area contributed by atoms with Crippen LogP contribution in [0.4, 0.5) is 5.95 Å². The Hall–Kier alpha value is -1.67. The molecule has 5 nitrogen and oxygen atoms in total. The zero-order valence-electron chi connectivity index (χ0n) is 11.8. The molecule has 0 aliphatic carbocycles. The van der Waals surface area contributed by atoms with Gasteiger partial charge in [0.2, 0.25) is 5.95 Å². The first-order valence-electron chi connectivity index (χ1n) is 5.97. The van der Waals surface area contributed by atoms with Crippen molar-refractivity contribution < 1.29 is 0 Å². The highest BCUT2D eigenvalue weighted by atomic mass is 15.1. The standard InChI is InChI=1S/C13H21N5/c1-10-6-11(7-14)17-12(16-10)15-8-13(2,3)9-18(4)5/h6H,8-9H2,1-5H3,(H,15,16,17). The zero-order valence-corrected chi connectivity index (χ0v) is 11.8. The summed E-state index contributed by atoms with van der Waals surface area (Å²) in [5.74, 6) is 0.526. The number of rotatable bonds is 5. The Morgan fingerprint density at radius 3 is 2.61 bits per heavy atom. The highest BCUT2D eigenvalue weighted by Gasteiger charge is 2.19. The van der Waals surface area contributed by atoms with Crippen molar-refractivity contribution in [3.05, 3.63) is 17.5 Å². The summed E-state index contributed by atoms with van der Waals surface area (Å²) in [5.41, 5.74) is 1.31. The lowest BCUT2D eigenvalue weighted by Crippen LogP contribution is -2.34. The van der Waals surface area contributed by atoms with E-state index >= 15 is 0 Å². The van der Waals surface area contributed by atoms with Crippen LogP contribution < -0.4 is 5.32 Å². The minimum Gasteiger partial charge on any atom is -0.354 e. The molecular formula is C13H21N5. The first kappa shape index (κ1) is 14.4. The molecule has 0 spiro atoms. The fraction of sp³-hybridized carbons (Fsp3) is 0.615. The minimum atomic E-state index is 0.114. The highest BCUT2D eigenvalue weighted by Crippen LogP contribution is 2.16. The summed E-state index contributed by atoms with van der Waals surface area (Å²) >= 11 is 0. The van der Waals surface area contributed by atoms with Crippen molar-refractivity contribution in [2.45, 2.75) is 20.8 Å². The van der Waals surface area contributed by atoms with Crippen molar-refractivity contribution in [1.82, 2.24) is 14.9 Å². The summed E-state index contributed by atoms with van der Waals surface area (Å²) in [7, 11) is 4.11. The molecule has 0 amide bonds. The molecule has 98 valence electrons. The van der Waals surface area contributed by atoms with Gasteiger partial charge in [-0.3, -0.25) is 0 Å². The number of aromatic nitrogens is 2. The zero-order chi connectivity index (χ0) is 13.8. The van der Waals surface area contributed by atoms with Gasteiger partial charge < -0.3 is 10.2 Å². The summed E-state index contributed by atoms with van der Waals surface area (Å²) in [6, 6.07) is 3.71. The topological polar surface area (TPSA) is 64.8 Å². The average molecular weight is 247 g/mol. The molecule has 0 radical (unpaired) electrons. The average Bonchev–Trinajstić information content (AvgIpc) is 2.24. The first-order chi connectivity index (χ1) is 8.32. The van der Waals surface area contributed by atoms with Gasteiger partial charge in [-0.15, -0.1) is 0 Å². The molecular weight excluding hydrogens is 226 g/mol. The van der Waals surface area contributed by atoms with E-state index in [4.69, 9.17) is 5.26 Å². The Bertz CT molecular complexity index is 445. The van der Waals surface area contributed by atoms with E-state index in [1.54, 1.807) is 6.07 Å². The molecule has 0 saturated heterocycles. The van der Waals surface area contributed by atoms with Gasteiger partial charge in [0.05, 0.1) is 0 Å². The van der Waals surface area contributed by atoms with Crippen LogP contribution in [0, 0.1) is 23.7 Å². The van der Waals surface area contributed by atoms with E-state index in [0.717, 1.165) is 18.8 Å². The van der Waals surface area contributed by atoms with Crippen LogP contribution in [0.5, 0.6) is 0 Å². The molecule has 0 fully saturated rings. The lowest BCUT2D eigenvalue weighted by Gasteiger charge is -2.28. The van der Waals surface area contributed by atoms with Gasteiger partial charge in [0.25, 0.3) is 0 Å². The first-order valence-corrected chi connectivity index (χ1v) is 5.97. The Kier molecular flexibility index (Phi) is 4.62. The maximum atomic E-state index is 8.86. The molecule has 1 heterocycles. The molecule has 0 unspecified atom stereocenters. The van der Waals surface area contributed by atoms with Crippen LogP contribution in [-0.2, 0) is 0 Å². The Balaban J connectivity index is 2.69. The monoisotopic (exact) mass is 247 g/mol. The van der Waals surface area contributed by atoms with Gasteiger partial charge in [0.15, 0.2) is 0 Å². The van der Waals surface area contributed by atoms with E-state index < -0.39 is 0 Å². The van der Waals surface area contributed by atoms with Crippen molar-refractivity contribution in [2.24, 2.45) is 5.41 Å². The second-order valence-corrected chi connectivity index (χ2v) is 5.59. The molecule has 0 aliphatic rings. The number of anilines is 1. The SMILES string of the molecule is Cc1cc(C#N)nc(NCC(C)(C)CN(C)C)n1. The Morgan fingerprint density at radius 2 is 2.06 bits per heavy atom. The van der Waals surface area contributed by atoms with Crippen molar-refractivity contribution in [1.29, 1.82) is 5.26 Å². The van der Waals surface area contributed by atoms with Crippen LogP contribution in [0.2, 0.25) is 0 Å². The number of nitriles is 1. The summed E-state index contributed by atoms with van der Waals surface area (Å²) in [6.07, 6.45) is 0. The smallest absolute Gasteiger partial charge is 0.224 e. The van der Waals surface area contributed by atoms with Crippen molar-refractivity contribution in [3.8, 4) is 6.07 Å². The summed E-state index contributed by atoms with van der Waals surface area (Å²) < 4.78 is 0. The molecule has 1 aromatic heterocycles. The molecule has 0 atom stereocenters. The normalized spacial score (nSPS) is 11.4. The number of hydrogen-bond acceptors (Lipinski definition) is 5. The highest BCUT2D eigenvalue weighted by molar-refractivity contribution is 5.33. The fourth-order valence-electron chi connectivity index (χ4n) is 1.94. The largest absolute Gasteiger partial charge is 0.354 e. The van der Waals surface area contributed by atoms with E-state index in [1.165, 1.54) is 0 Å². The maximum absolute atomic E-state index is 8.86. The van der Waals surface area contributed by atoms with Crippen molar-refractivity contribution >= 4 is 5.95 Å². The lowest BCUT2D eigenvalue weighted by molar-refractivity contribution is 0.254. The molecule has 0 saturated carbocycles. The molecule has 18 heavy (non-hydrogen) atoms. The number of hydrogen-bond donors (Lipinski definition) is 1. The van der Waals surface area contributed by atoms with Gasteiger partial charge in [-0.1, -0.05) is 13.8 Å². The van der Waals surface area contributed by atoms with Crippen molar-refractivity contribution in [3.63, 3.8) is 0 Å². The van der Waals surface area contributed by atoms with Gasteiger partial charge in [0.1, 0.15) is 11.8 Å². The Labute approximate surface area is 109 Å². The summed E-state index contributed by atoms with van der Waals surface area (Å²) in [4.78, 5) is 10.6. The number of nitrogens with zero attached hydrogens (tertiary/aromatic N) is 4. The van der Waals surface area contributed by atoms with Crippen molar-refractivity contribution in [2.75, 3.05) is 32.5 Å². The van der Waals surface area contributed by atoms with Gasteiger partial charge in [0, 0.05) is 18.8 Å². The quantitative estimate of drug-likeness (QED) is 0.857. The van der Waals surface area contributed by atoms with Gasteiger partial charge in [-0.05, 0) is 32.5 Å². The van der Waals surface area contributed by atoms with Crippen LogP contribution in [0.15, 0.2) is 6.07 Å².